The first-order chi connectivity index (χ1) is 11.9. The van der Waals surface area contributed by atoms with Gasteiger partial charge in [-0.1, -0.05) is 0 Å². The Morgan fingerprint density at radius 3 is 2.44 bits per heavy atom. The van der Waals surface area contributed by atoms with Crippen molar-refractivity contribution >= 4 is 17.7 Å². The third-order valence-corrected chi connectivity index (χ3v) is 4.48. The highest BCUT2D eigenvalue weighted by Crippen LogP contribution is 2.15. The Morgan fingerprint density at radius 1 is 1.24 bits per heavy atom. The van der Waals surface area contributed by atoms with Crippen LogP contribution in [0.25, 0.3) is 0 Å². The van der Waals surface area contributed by atoms with E-state index in [9.17, 15) is 9.59 Å². The predicted octanol–water partition coefficient (Wildman–Crippen LogP) is 1.25. The van der Waals surface area contributed by atoms with Gasteiger partial charge in [-0.05, 0) is 32.9 Å². The highest BCUT2D eigenvalue weighted by Gasteiger charge is 2.22. The SMILES string of the molecule is CCOC(=O)c1ccc(N2CCN(CC(=O)N(C)C(C)C)CC2)nc1. The van der Waals surface area contributed by atoms with E-state index in [1.807, 2.05) is 27.0 Å². The third kappa shape index (κ3) is 5.16. The fourth-order valence-electron chi connectivity index (χ4n) is 2.63. The van der Waals surface area contributed by atoms with Crippen molar-refractivity contribution in [2.45, 2.75) is 26.8 Å². The molecule has 1 aromatic heterocycles. The number of hydrogen-bond acceptors (Lipinski definition) is 6. The van der Waals surface area contributed by atoms with E-state index in [2.05, 4.69) is 14.8 Å². The van der Waals surface area contributed by atoms with E-state index in [4.69, 9.17) is 4.74 Å². The Kier molecular flexibility index (Phi) is 6.75. The summed E-state index contributed by atoms with van der Waals surface area (Å²) in [6, 6.07) is 3.81. The summed E-state index contributed by atoms with van der Waals surface area (Å²) in [5.41, 5.74) is 0.464. The largest absolute Gasteiger partial charge is 0.462 e. The van der Waals surface area contributed by atoms with Crippen LogP contribution in [-0.4, -0.2) is 79.1 Å². The molecule has 7 heteroatoms. The van der Waals surface area contributed by atoms with E-state index in [1.54, 1.807) is 24.1 Å². The molecule has 1 aromatic rings. The van der Waals surface area contributed by atoms with Crippen LogP contribution in [0.15, 0.2) is 18.3 Å². The molecule has 138 valence electrons. The van der Waals surface area contributed by atoms with E-state index in [0.717, 1.165) is 32.0 Å². The van der Waals surface area contributed by atoms with Gasteiger partial charge in [0.2, 0.25) is 5.91 Å². The molecular formula is C18H28N4O3. The number of hydrogen-bond donors (Lipinski definition) is 0. The maximum Gasteiger partial charge on any atom is 0.339 e. The first-order valence-electron chi connectivity index (χ1n) is 8.78. The second kappa shape index (κ2) is 8.80. The monoisotopic (exact) mass is 348 g/mol. The Labute approximate surface area is 149 Å². The molecule has 0 aromatic carbocycles. The van der Waals surface area contributed by atoms with Crippen LogP contribution in [0.1, 0.15) is 31.1 Å². The quantitative estimate of drug-likeness (QED) is 0.721. The molecule has 1 saturated heterocycles. The van der Waals surface area contributed by atoms with Crippen LogP contribution >= 0.6 is 0 Å². The average Bonchev–Trinajstić information content (AvgIpc) is 2.62. The van der Waals surface area contributed by atoms with E-state index in [1.165, 1.54) is 0 Å². The molecule has 2 heterocycles. The number of pyridine rings is 1. The summed E-state index contributed by atoms with van der Waals surface area (Å²) in [5, 5.41) is 0. The summed E-state index contributed by atoms with van der Waals surface area (Å²) in [4.78, 5) is 34.3. The molecule has 1 amide bonds. The molecule has 1 aliphatic heterocycles. The zero-order valence-electron chi connectivity index (χ0n) is 15.6. The number of ether oxygens (including phenoxy) is 1. The molecule has 0 bridgehead atoms. The Bertz CT molecular complexity index is 580. The molecular weight excluding hydrogens is 320 g/mol. The van der Waals surface area contributed by atoms with Gasteiger partial charge in [-0.2, -0.15) is 0 Å². The molecule has 0 atom stereocenters. The van der Waals surface area contributed by atoms with Crippen LogP contribution < -0.4 is 4.90 Å². The van der Waals surface area contributed by atoms with Crippen molar-refractivity contribution in [2.24, 2.45) is 0 Å². The number of esters is 1. The van der Waals surface area contributed by atoms with Crippen LogP contribution in [0.2, 0.25) is 0 Å². The summed E-state index contributed by atoms with van der Waals surface area (Å²) in [6.07, 6.45) is 1.56. The maximum absolute atomic E-state index is 12.2. The molecule has 0 spiro atoms. The molecule has 0 saturated carbocycles. The molecule has 0 aliphatic carbocycles. The number of likely N-dealkylation sites (N-methyl/N-ethyl adjacent to an activating group) is 1. The molecule has 0 unspecified atom stereocenters. The fraction of sp³-hybridized carbons (Fsp3) is 0.611. The van der Waals surface area contributed by atoms with Gasteiger partial charge in [0.15, 0.2) is 0 Å². The van der Waals surface area contributed by atoms with Crippen LogP contribution in [-0.2, 0) is 9.53 Å². The van der Waals surface area contributed by atoms with E-state index < -0.39 is 0 Å². The first kappa shape index (κ1) is 19.2. The number of carbonyl (C=O) groups is 2. The molecule has 0 radical (unpaired) electrons. The molecule has 0 N–H and O–H groups in total. The number of carbonyl (C=O) groups excluding carboxylic acids is 2. The van der Waals surface area contributed by atoms with Crippen molar-refractivity contribution in [3.8, 4) is 0 Å². The lowest BCUT2D eigenvalue weighted by Gasteiger charge is -2.36. The summed E-state index contributed by atoms with van der Waals surface area (Å²) >= 11 is 0. The van der Waals surface area contributed by atoms with Crippen LogP contribution in [0.4, 0.5) is 5.82 Å². The minimum Gasteiger partial charge on any atom is -0.462 e. The van der Waals surface area contributed by atoms with Crippen LogP contribution in [0.5, 0.6) is 0 Å². The summed E-state index contributed by atoms with van der Waals surface area (Å²) in [6.45, 7) is 9.88. The van der Waals surface area contributed by atoms with Gasteiger partial charge < -0.3 is 14.5 Å². The van der Waals surface area contributed by atoms with Gasteiger partial charge in [-0.3, -0.25) is 9.69 Å². The smallest absolute Gasteiger partial charge is 0.339 e. The zero-order valence-corrected chi connectivity index (χ0v) is 15.6. The Morgan fingerprint density at radius 2 is 1.92 bits per heavy atom. The van der Waals surface area contributed by atoms with Gasteiger partial charge in [0, 0.05) is 45.5 Å². The average molecular weight is 348 g/mol. The highest BCUT2D eigenvalue weighted by molar-refractivity contribution is 5.89. The lowest BCUT2D eigenvalue weighted by atomic mass is 10.2. The van der Waals surface area contributed by atoms with Crippen molar-refractivity contribution in [2.75, 3.05) is 51.3 Å². The minimum absolute atomic E-state index is 0.153. The summed E-state index contributed by atoms with van der Waals surface area (Å²) in [5.74, 6) is 0.651. The third-order valence-electron chi connectivity index (χ3n) is 4.48. The first-order valence-corrected chi connectivity index (χ1v) is 8.78. The number of nitrogens with zero attached hydrogens (tertiary/aromatic N) is 4. The van der Waals surface area contributed by atoms with Crippen molar-refractivity contribution in [1.29, 1.82) is 0 Å². The molecule has 25 heavy (non-hydrogen) atoms. The van der Waals surface area contributed by atoms with E-state index in [0.29, 0.717) is 18.7 Å². The standard InChI is InChI=1S/C18H28N4O3/c1-5-25-18(24)15-6-7-16(19-12-15)22-10-8-21(9-11-22)13-17(23)20(4)14(2)3/h6-7,12,14H,5,8-11,13H2,1-4H3. The van der Waals surface area contributed by atoms with Crippen molar-refractivity contribution in [3.63, 3.8) is 0 Å². The van der Waals surface area contributed by atoms with Crippen LogP contribution in [0.3, 0.4) is 0 Å². The van der Waals surface area contributed by atoms with Gasteiger partial charge in [-0.25, -0.2) is 9.78 Å². The number of aromatic nitrogens is 1. The van der Waals surface area contributed by atoms with Gasteiger partial charge >= 0.3 is 5.97 Å². The van der Waals surface area contributed by atoms with Gasteiger partial charge in [0.1, 0.15) is 5.82 Å². The number of anilines is 1. The molecule has 2 rings (SSSR count). The Balaban J connectivity index is 1.85. The molecule has 1 fully saturated rings. The second-order valence-electron chi connectivity index (χ2n) is 6.49. The normalized spacial score (nSPS) is 15.3. The fourth-order valence-corrected chi connectivity index (χ4v) is 2.63. The predicted molar refractivity (Wildman–Crippen MR) is 96.8 cm³/mol. The van der Waals surface area contributed by atoms with Crippen molar-refractivity contribution in [3.05, 3.63) is 23.9 Å². The van der Waals surface area contributed by atoms with E-state index >= 15 is 0 Å². The number of amides is 1. The summed E-state index contributed by atoms with van der Waals surface area (Å²) in [7, 11) is 1.85. The number of rotatable bonds is 6. The van der Waals surface area contributed by atoms with Crippen LogP contribution in [0, 0.1) is 0 Å². The number of piperazine rings is 1. The maximum atomic E-state index is 12.2. The molecule has 7 nitrogen and oxygen atoms in total. The lowest BCUT2D eigenvalue weighted by Crippen LogP contribution is -2.50. The van der Waals surface area contributed by atoms with Gasteiger partial charge in [0.25, 0.3) is 0 Å². The highest BCUT2D eigenvalue weighted by atomic mass is 16.5. The van der Waals surface area contributed by atoms with Crippen molar-refractivity contribution < 1.29 is 14.3 Å². The lowest BCUT2D eigenvalue weighted by molar-refractivity contribution is -0.132. The Hall–Kier alpha value is -2.15. The van der Waals surface area contributed by atoms with Gasteiger partial charge in [-0.15, -0.1) is 0 Å². The molecule has 1 aliphatic rings. The van der Waals surface area contributed by atoms with Gasteiger partial charge in [0.05, 0.1) is 18.7 Å². The van der Waals surface area contributed by atoms with E-state index in [-0.39, 0.29) is 17.9 Å². The summed E-state index contributed by atoms with van der Waals surface area (Å²) < 4.78 is 4.97. The topological polar surface area (TPSA) is 66.0 Å². The van der Waals surface area contributed by atoms with Crippen molar-refractivity contribution in [1.82, 2.24) is 14.8 Å². The second-order valence-corrected chi connectivity index (χ2v) is 6.49. The minimum atomic E-state index is -0.348. The zero-order chi connectivity index (χ0) is 18.4.